The molecule has 3 heteroatoms. The molecule has 1 aliphatic rings. The van der Waals surface area contributed by atoms with E-state index in [9.17, 15) is 0 Å². The predicted octanol–water partition coefficient (Wildman–Crippen LogP) is 4.92. The zero-order chi connectivity index (χ0) is 13.1. The lowest BCUT2D eigenvalue weighted by Gasteiger charge is -2.34. The fraction of sp³-hybridized carbons (Fsp3) is 0.333. The third-order valence-corrected chi connectivity index (χ3v) is 4.77. The minimum absolute atomic E-state index is 0.336. The second-order valence-electron chi connectivity index (χ2n) is 4.59. The SMILES string of the molecule is C=CC[C@@H]1Cc2c(Br)ccc(Br)c2[C@H](CC=C)N1. The Labute approximate surface area is 126 Å². The monoisotopic (exact) mass is 369 g/mol. The van der Waals surface area contributed by atoms with Crippen molar-refractivity contribution in [3.8, 4) is 0 Å². The van der Waals surface area contributed by atoms with E-state index in [1.54, 1.807) is 0 Å². The Morgan fingerprint density at radius 1 is 1.17 bits per heavy atom. The molecule has 1 nitrogen and oxygen atoms in total. The van der Waals surface area contributed by atoms with Crippen molar-refractivity contribution in [2.75, 3.05) is 0 Å². The van der Waals surface area contributed by atoms with E-state index in [-0.39, 0.29) is 0 Å². The number of rotatable bonds is 4. The Morgan fingerprint density at radius 3 is 2.50 bits per heavy atom. The smallest absolute Gasteiger partial charge is 0.0371 e. The predicted molar refractivity (Wildman–Crippen MR) is 84.8 cm³/mol. The fourth-order valence-electron chi connectivity index (χ4n) is 2.57. The molecule has 2 rings (SSSR count). The zero-order valence-electron chi connectivity index (χ0n) is 10.3. The van der Waals surface area contributed by atoms with E-state index in [0.29, 0.717) is 12.1 Å². The van der Waals surface area contributed by atoms with Gasteiger partial charge >= 0.3 is 0 Å². The highest BCUT2D eigenvalue weighted by Gasteiger charge is 2.27. The summed E-state index contributed by atoms with van der Waals surface area (Å²) in [7, 11) is 0. The average Bonchev–Trinajstić information content (AvgIpc) is 2.34. The first kappa shape index (κ1) is 14.0. The molecule has 0 radical (unpaired) electrons. The second-order valence-corrected chi connectivity index (χ2v) is 6.30. The topological polar surface area (TPSA) is 12.0 Å². The molecule has 0 bridgehead atoms. The van der Waals surface area contributed by atoms with Crippen LogP contribution in [0.5, 0.6) is 0 Å². The van der Waals surface area contributed by atoms with E-state index in [0.717, 1.165) is 19.3 Å². The lowest BCUT2D eigenvalue weighted by molar-refractivity contribution is 0.403. The van der Waals surface area contributed by atoms with E-state index in [1.165, 1.54) is 20.1 Å². The number of hydrogen-bond acceptors (Lipinski definition) is 1. The molecule has 1 aromatic rings. The molecule has 1 aromatic carbocycles. The van der Waals surface area contributed by atoms with Crippen molar-refractivity contribution in [1.82, 2.24) is 5.32 Å². The van der Waals surface area contributed by atoms with E-state index in [4.69, 9.17) is 0 Å². The van der Waals surface area contributed by atoms with Crippen LogP contribution in [0.3, 0.4) is 0 Å². The summed E-state index contributed by atoms with van der Waals surface area (Å²) < 4.78 is 2.38. The molecule has 0 unspecified atom stereocenters. The number of halogens is 2. The molecule has 2 atom stereocenters. The van der Waals surface area contributed by atoms with Gasteiger partial charge in [-0.25, -0.2) is 0 Å². The lowest BCUT2D eigenvalue weighted by atomic mass is 9.87. The van der Waals surface area contributed by atoms with E-state index in [1.807, 2.05) is 12.2 Å². The van der Waals surface area contributed by atoms with Crippen molar-refractivity contribution in [2.45, 2.75) is 31.3 Å². The van der Waals surface area contributed by atoms with Crippen molar-refractivity contribution in [1.29, 1.82) is 0 Å². The van der Waals surface area contributed by atoms with Crippen LogP contribution in [0.25, 0.3) is 0 Å². The van der Waals surface area contributed by atoms with Crippen LogP contribution in [0.2, 0.25) is 0 Å². The van der Waals surface area contributed by atoms with Crippen molar-refractivity contribution >= 4 is 31.9 Å². The number of benzene rings is 1. The minimum Gasteiger partial charge on any atom is -0.306 e. The van der Waals surface area contributed by atoms with Crippen LogP contribution in [-0.2, 0) is 6.42 Å². The van der Waals surface area contributed by atoms with Crippen molar-refractivity contribution in [3.05, 3.63) is 57.5 Å². The van der Waals surface area contributed by atoms with Crippen molar-refractivity contribution < 1.29 is 0 Å². The first-order chi connectivity index (χ1) is 8.67. The quantitative estimate of drug-likeness (QED) is 0.741. The first-order valence-corrected chi connectivity index (χ1v) is 7.70. The molecule has 0 saturated carbocycles. The van der Waals surface area contributed by atoms with Crippen LogP contribution in [0.15, 0.2) is 46.4 Å². The number of nitrogens with one attached hydrogen (secondary N) is 1. The zero-order valence-corrected chi connectivity index (χ0v) is 13.4. The molecule has 0 aliphatic carbocycles. The molecule has 1 N–H and O–H groups in total. The summed E-state index contributed by atoms with van der Waals surface area (Å²) >= 11 is 7.34. The highest BCUT2D eigenvalue weighted by atomic mass is 79.9. The maximum absolute atomic E-state index is 3.86. The van der Waals surface area contributed by atoms with Crippen LogP contribution in [-0.4, -0.2) is 6.04 Å². The first-order valence-electron chi connectivity index (χ1n) is 6.12. The van der Waals surface area contributed by atoms with Crippen molar-refractivity contribution in [3.63, 3.8) is 0 Å². The molecule has 0 amide bonds. The minimum atomic E-state index is 0.336. The van der Waals surface area contributed by atoms with E-state index < -0.39 is 0 Å². The van der Waals surface area contributed by atoms with Gasteiger partial charge in [0.1, 0.15) is 0 Å². The Morgan fingerprint density at radius 2 is 1.83 bits per heavy atom. The molecule has 0 fully saturated rings. The van der Waals surface area contributed by atoms with Crippen LogP contribution in [0, 0.1) is 0 Å². The van der Waals surface area contributed by atoms with Gasteiger partial charge in [0.05, 0.1) is 0 Å². The normalized spacial score (nSPS) is 22.3. The molecule has 0 saturated heterocycles. The molecular weight excluding hydrogens is 354 g/mol. The van der Waals surface area contributed by atoms with E-state index >= 15 is 0 Å². The maximum Gasteiger partial charge on any atom is 0.0371 e. The van der Waals surface area contributed by atoms with E-state index in [2.05, 4.69) is 62.5 Å². The molecule has 1 aliphatic heterocycles. The molecule has 0 aromatic heterocycles. The second kappa shape index (κ2) is 6.18. The highest BCUT2D eigenvalue weighted by Crippen LogP contribution is 2.38. The Bertz CT molecular complexity index is 468. The summed E-state index contributed by atoms with van der Waals surface area (Å²) in [6.07, 6.45) is 6.93. The number of hydrogen-bond donors (Lipinski definition) is 1. The standard InChI is InChI=1S/C15H17Br2N/c1-3-5-10-9-11-12(16)7-8-13(17)15(11)14(18-10)6-4-2/h3-4,7-8,10,14,18H,1-2,5-6,9H2/t10-,14+/m1/s1. The van der Waals surface area contributed by atoms with Gasteiger partial charge < -0.3 is 5.32 Å². The average molecular weight is 371 g/mol. The highest BCUT2D eigenvalue weighted by molar-refractivity contribution is 9.11. The van der Waals surface area contributed by atoms with Gasteiger partial charge in [0.25, 0.3) is 0 Å². The van der Waals surface area contributed by atoms with Gasteiger partial charge in [0, 0.05) is 21.0 Å². The van der Waals surface area contributed by atoms with Crippen LogP contribution < -0.4 is 5.32 Å². The van der Waals surface area contributed by atoms with Gasteiger partial charge in [-0.1, -0.05) is 44.0 Å². The van der Waals surface area contributed by atoms with Crippen LogP contribution >= 0.6 is 31.9 Å². The third kappa shape index (κ3) is 2.79. The summed E-state index contributed by atoms with van der Waals surface area (Å²) in [6.45, 7) is 7.70. The third-order valence-electron chi connectivity index (χ3n) is 3.34. The Balaban J connectivity index is 2.43. The van der Waals surface area contributed by atoms with Gasteiger partial charge in [-0.15, -0.1) is 13.2 Å². The number of fused-ring (bicyclic) bond motifs is 1. The van der Waals surface area contributed by atoms with Crippen LogP contribution in [0.1, 0.15) is 30.0 Å². The van der Waals surface area contributed by atoms with Crippen LogP contribution in [0.4, 0.5) is 0 Å². The molecule has 96 valence electrons. The summed E-state index contributed by atoms with van der Waals surface area (Å²) in [5, 5.41) is 3.69. The summed E-state index contributed by atoms with van der Waals surface area (Å²) in [6, 6.07) is 5.02. The molecule has 1 heterocycles. The van der Waals surface area contributed by atoms with Gasteiger partial charge in [0.2, 0.25) is 0 Å². The fourth-order valence-corrected chi connectivity index (χ4v) is 3.73. The summed E-state index contributed by atoms with van der Waals surface area (Å²) in [4.78, 5) is 0. The van der Waals surface area contributed by atoms with Crippen molar-refractivity contribution in [2.24, 2.45) is 0 Å². The molecule has 0 spiro atoms. The maximum atomic E-state index is 3.86. The molecular formula is C15H17Br2N. The summed E-state index contributed by atoms with van der Waals surface area (Å²) in [5.41, 5.74) is 2.77. The Kier molecular flexibility index (Phi) is 4.82. The lowest BCUT2D eigenvalue weighted by Crippen LogP contribution is -2.39. The molecule has 18 heavy (non-hydrogen) atoms. The largest absolute Gasteiger partial charge is 0.306 e. The van der Waals surface area contributed by atoms with Gasteiger partial charge in [-0.2, -0.15) is 0 Å². The van der Waals surface area contributed by atoms with Gasteiger partial charge in [-0.3, -0.25) is 0 Å². The van der Waals surface area contributed by atoms with Gasteiger partial charge in [0.15, 0.2) is 0 Å². The Hall–Kier alpha value is -0.380. The van der Waals surface area contributed by atoms with Gasteiger partial charge in [-0.05, 0) is 42.5 Å². The summed E-state index contributed by atoms with van der Waals surface area (Å²) in [5.74, 6) is 0.